The minimum Gasteiger partial charge on any atom is -0.481 e. The first-order chi connectivity index (χ1) is 4.77. The molecule has 0 bridgehead atoms. The van der Waals surface area contributed by atoms with Gasteiger partial charge in [0.25, 0.3) is 6.47 Å². The molecule has 0 aliphatic carbocycles. The second-order valence-electron chi connectivity index (χ2n) is 1.43. The topological polar surface area (TPSA) is 72.8 Å². The van der Waals surface area contributed by atoms with Gasteiger partial charge in [0.05, 0.1) is 13.0 Å². The van der Waals surface area contributed by atoms with E-state index < -0.39 is 5.97 Å². The third-order valence-corrected chi connectivity index (χ3v) is 0.680. The number of carboxylic acids is 1. The first kappa shape index (κ1) is 8.90. The van der Waals surface area contributed by atoms with Gasteiger partial charge in [-0.25, -0.2) is 0 Å². The third kappa shape index (κ3) is 6.90. The molecule has 0 radical (unpaired) electrons. The number of carbonyl (C=O) groups is 2. The van der Waals surface area contributed by atoms with Crippen LogP contribution in [0.3, 0.4) is 0 Å². The number of rotatable bonds is 6. The number of ether oxygens (including phenoxy) is 2. The van der Waals surface area contributed by atoms with E-state index in [1.54, 1.807) is 0 Å². The Balaban J connectivity index is 2.90. The summed E-state index contributed by atoms with van der Waals surface area (Å²) in [5, 5.41) is 8.08. The zero-order valence-corrected chi connectivity index (χ0v) is 5.28. The molecule has 0 atom stereocenters. The molecule has 0 aliphatic rings. The highest BCUT2D eigenvalue weighted by Gasteiger charge is 1.94. The Kier molecular flexibility index (Phi) is 5.36. The second kappa shape index (κ2) is 6.03. The van der Waals surface area contributed by atoms with E-state index in [0.29, 0.717) is 0 Å². The number of hydrogen-bond donors (Lipinski definition) is 1. The molecule has 58 valence electrons. The van der Waals surface area contributed by atoms with Crippen LogP contribution in [-0.2, 0) is 19.1 Å². The second-order valence-corrected chi connectivity index (χ2v) is 1.43. The van der Waals surface area contributed by atoms with Crippen molar-refractivity contribution in [3.05, 3.63) is 0 Å². The average molecular weight is 148 g/mol. The van der Waals surface area contributed by atoms with E-state index >= 15 is 0 Å². The van der Waals surface area contributed by atoms with Gasteiger partial charge in [-0.1, -0.05) is 0 Å². The largest absolute Gasteiger partial charge is 0.481 e. The molecule has 10 heavy (non-hydrogen) atoms. The lowest BCUT2D eigenvalue weighted by Gasteiger charge is -1.97. The lowest BCUT2D eigenvalue weighted by molar-refractivity contribution is -0.144. The fourth-order valence-electron chi connectivity index (χ4n) is 0.294. The number of hydrogen-bond acceptors (Lipinski definition) is 4. The predicted octanol–water partition coefficient (Wildman–Crippen LogP) is -0.392. The summed E-state index contributed by atoms with van der Waals surface area (Å²) in [7, 11) is 0. The number of carboxylic acid groups (broad SMARTS) is 1. The molecule has 0 saturated heterocycles. The van der Waals surface area contributed by atoms with E-state index in [4.69, 9.17) is 5.11 Å². The van der Waals surface area contributed by atoms with Crippen molar-refractivity contribution in [1.82, 2.24) is 0 Å². The summed E-state index contributed by atoms with van der Waals surface area (Å²) in [5.74, 6) is -0.939. The molecule has 0 aromatic carbocycles. The van der Waals surface area contributed by atoms with Gasteiger partial charge in [-0.15, -0.1) is 0 Å². The average Bonchev–Trinajstić information content (AvgIpc) is 1.87. The molecular formula is C5H8O5. The summed E-state index contributed by atoms with van der Waals surface area (Å²) in [4.78, 5) is 19.3. The van der Waals surface area contributed by atoms with E-state index in [1.807, 2.05) is 0 Å². The molecule has 0 heterocycles. The summed E-state index contributed by atoms with van der Waals surface area (Å²) in [6.07, 6.45) is -0.0811. The maximum atomic E-state index is 9.84. The van der Waals surface area contributed by atoms with Crippen molar-refractivity contribution in [2.24, 2.45) is 0 Å². The molecule has 0 aromatic heterocycles. The predicted molar refractivity (Wildman–Crippen MR) is 30.2 cm³/mol. The van der Waals surface area contributed by atoms with Gasteiger partial charge >= 0.3 is 5.97 Å². The van der Waals surface area contributed by atoms with Crippen molar-refractivity contribution >= 4 is 12.4 Å². The fraction of sp³-hybridized carbons (Fsp3) is 0.600. The highest BCUT2D eigenvalue weighted by molar-refractivity contribution is 5.66. The Hall–Kier alpha value is -1.10. The van der Waals surface area contributed by atoms with E-state index in [2.05, 4.69) is 9.47 Å². The van der Waals surface area contributed by atoms with Crippen LogP contribution < -0.4 is 0 Å². The molecule has 0 fully saturated rings. The van der Waals surface area contributed by atoms with Crippen LogP contribution in [0, 0.1) is 0 Å². The molecule has 0 amide bonds. The van der Waals surface area contributed by atoms with Crippen molar-refractivity contribution < 1.29 is 24.2 Å². The minimum atomic E-state index is -0.939. The highest BCUT2D eigenvalue weighted by atomic mass is 16.7. The van der Waals surface area contributed by atoms with Crippen LogP contribution >= 0.6 is 0 Å². The molecule has 0 spiro atoms. The zero-order valence-electron chi connectivity index (χ0n) is 5.28. The molecule has 1 N–H and O–H groups in total. The first-order valence-corrected chi connectivity index (χ1v) is 2.62. The van der Waals surface area contributed by atoms with Crippen molar-refractivity contribution in [2.75, 3.05) is 13.4 Å². The molecule has 0 rings (SSSR count). The van der Waals surface area contributed by atoms with Crippen LogP contribution in [0.5, 0.6) is 0 Å². The summed E-state index contributed by atoms with van der Waals surface area (Å²) in [5.41, 5.74) is 0. The Morgan fingerprint density at radius 1 is 1.60 bits per heavy atom. The SMILES string of the molecule is O=COCOCCC(=O)O. The maximum Gasteiger partial charge on any atom is 0.305 e. The van der Waals surface area contributed by atoms with Gasteiger partial charge < -0.3 is 14.6 Å². The van der Waals surface area contributed by atoms with Crippen molar-refractivity contribution in [1.29, 1.82) is 0 Å². The molecule has 5 heteroatoms. The Labute approximate surface area is 57.5 Å². The van der Waals surface area contributed by atoms with Crippen molar-refractivity contribution in [3.8, 4) is 0 Å². The van der Waals surface area contributed by atoms with E-state index in [1.165, 1.54) is 0 Å². The molecule has 0 unspecified atom stereocenters. The van der Waals surface area contributed by atoms with Gasteiger partial charge in [-0.3, -0.25) is 9.59 Å². The minimum absolute atomic E-state index is 0.0587. The monoisotopic (exact) mass is 148 g/mol. The van der Waals surface area contributed by atoms with Crippen molar-refractivity contribution in [2.45, 2.75) is 6.42 Å². The summed E-state index contributed by atoms with van der Waals surface area (Å²) < 4.78 is 8.67. The summed E-state index contributed by atoms with van der Waals surface area (Å²) in [6.45, 7) is 0.112. The third-order valence-electron chi connectivity index (χ3n) is 0.680. The van der Waals surface area contributed by atoms with Crippen LogP contribution in [0.1, 0.15) is 6.42 Å². The summed E-state index contributed by atoms with van der Waals surface area (Å²) in [6, 6.07) is 0. The van der Waals surface area contributed by atoms with Gasteiger partial charge in [-0.2, -0.15) is 0 Å². The normalized spacial score (nSPS) is 8.80. The Morgan fingerprint density at radius 2 is 2.30 bits per heavy atom. The van der Waals surface area contributed by atoms with E-state index in [-0.39, 0.29) is 26.3 Å². The van der Waals surface area contributed by atoms with Crippen LogP contribution in [0.15, 0.2) is 0 Å². The standard InChI is InChI=1S/C5H8O5/c6-3-10-4-9-2-1-5(7)8/h3H,1-2,4H2,(H,7,8). The lowest BCUT2D eigenvalue weighted by Crippen LogP contribution is -2.05. The quantitative estimate of drug-likeness (QED) is 0.315. The van der Waals surface area contributed by atoms with Gasteiger partial charge in [0.1, 0.15) is 0 Å². The van der Waals surface area contributed by atoms with E-state index in [9.17, 15) is 9.59 Å². The van der Waals surface area contributed by atoms with E-state index in [0.717, 1.165) is 0 Å². The van der Waals surface area contributed by atoms with Gasteiger partial charge in [0.2, 0.25) is 0 Å². The van der Waals surface area contributed by atoms with Crippen LogP contribution in [0.4, 0.5) is 0 Å². The van der Waals surface area contributed by atoms with Gasteiger partial charge in [-0.05, 0) is 0 Å². The maximum absolute atomic E-state index is 9.84. The van der Waals surface area contributed by atoms with Crippen molar-refractivity contribution in [3.63, 3.8) is 0 Å². The smallest absolute Gasteiger partial charge is 0.305 e. The van der Waals surface area contributed by atoms with Crippen LogP contribution in [0.25, 0.3) is 0 Å². The van der Waals surface area contributed by atoms with Crippen LogP contribution in [-0.4, -0.2) is 30.9 Å². The van der Waals surface area contributed by atoms with Crippen LogP contribution in [0.2, 0.25) is 0 Å². The molecule has 0 aromatic rings. The molecule has 0 saturated carbocycles. The first-order valence-electron chi connectivity index (χ1n) is 2.62. The van der Waals surface area contributed by atoms with Gasteiger partial charge in [0, 0.05) is 0 Å². The molecule has 0 aliphatic heterocycles. The summed E-state index contributed by atoms with van der Waals surface area (Å²) >= 11 is 0. The lowest BCUT2D eigenvalue weighted by atomic mass is 10.5. The fourth-order valence-corrected chi connectivity index (χ4v) is 0.294. The number of aliphatic carboxylic acids is 1. The molecule has 5 nitrogen and oxygen atoms in total. The highest BCUT2D eigenvalue weighted by Crippen LogP contribution is 1.81. The molecular weight excluding hydrogens is 140 g/mol. The zero-order chi connectivity index (χ0) is 7.82. The Morgan fingerprint density at radius 3 is 2.80 bits per heavy atom. The van der Waals surface area contributed by atoms with Gasteiger partial charge in [0.15, 0.2) is 6.79 Å². The Bertz CT molecular complexity index is 111. The number of carbonyl (C=O) groups excluding carboxylic acids is 1.